The maximum atomic E-state index is 9.40. The first-order valence-corrected chi connectivity index (χ1v) is 8.81. The highest BCUT2D eigenvalue weighted by molar-refractivity contribution is 5.66. The average molecular weight is 345 g/mol. The molecule has 0 atom stereocenters. The number of benzene rings is 2. The minimum absolute atomic E-state index is 0.00290. The van der Waals surface area contributed by atoms with Gasteiger partial charge in [-0.05, 0) is 62.4 Å². The lowest BCUT2D eigenvalue weighted by atomic mass is 10.0. The van der Waals surface area contributed by atoms with Gasteiger partial charge >= 0.3 is 0 Å². The monoisotopic (exact) mass is 345 g/mol. The van der Waals surface area contributed by atoms with Crippen molar-refractivity contribution in [3.05, 3.63) is 53.1 Å². The minimum Gasteiger partial charge on any atom is -0.490 e. The first kappa shape index (κ1) is 16.3. The molecule has 3 aromatic rings. The van der Waals surface area contributed by atoms with Crippen molar-refractivity contribution < 1.29 is 9.26 Å². The van der Waals surface area contributed by atoms with E-state index in [1.807, 2.05) is 32.0 Å². The fraction of sp³-hybridized carbons (Fsp3) is 0.286. The van der Waals surface area contributed by atoms with Crippen LogP contribution in [-0.4, -0.2) is 16.2 Å². The van der Waals surface area contributed by atoms with Crippen molar-refractivity contribution >= 4 is 0 Å². The quantitative estimate of drug-likeness (QED) is 0.693. The molecule has 0 amide bonds. The number of hydrogen-bond donors (Lipinski definition) is 0. The van der Waals surface area contributed by atoms with Crippen molar-refractivity contribution in [1.82, 2.24) is 10.1 Å². The van der Waals surface area contributed by atoms with Crippen molar-refractivity contribution in [2.45, 2.75) is 39.2 Å². The SMILES string of the molecule is CC(C)Oc1ccc(-c2nc(-c3cccc4c3CCC4)no2)cc1C#N. The van der Waals surface area contributed by atoms with Crippen LogP contribution in [0.1, 0.15) is 37.0 Å². The Bertz CT molecular complexity index is 999. The molecule has 4 rings (SSSR count). The standard InChI is InChI=1S/C21H19N3O2/c1-13(2)25-19-10-9-15(11-16(19)12-22)21-23-20(24-26-21)18-8-4-6-14-5-3-7-17(14)18/h4,6,8-11,13H,3,5,7H2,1-2H3. The third-order valence-corrected chi connectivity index (χ3v) is 4.52. The molecule has 0 saturated carbocycles. The van der Waals surface area contributed by atoms with E-state index in [1.165, 1.54) is 17.5 Å². The van der Waals surface area contributed by atoms with Gasteiger partial charge in [-0.25, -0.2) is 0 Å². The molecule has 130 valence electrons. The van der Waals surface area contributed by atoms with Crippen molar-refractivity contribution in [1.29, 1.82) is 5.26 Å². The largest absolute Gasteiger partial charge is 0.490 e. The van der Waals surface area contributed by atoms with E-state index in [1.54, 1.807) is 12.1 Å². The molecule has 0 saturated heterocycles. The first-order valence-electron chi connectivity index (χ1n) is 8.81. The Morgan fingerprint density at radius 2 is 2.08 bits per heavy atom. The summed E-state index contributed by atoms with van der Waals surface area (Å²) in [5.41, 5.74) is 4.89. The van der Waals surface area contributed by atoms with E-state index in [-0.39, 0.29) is 6.10 Å². The van der Waals surface area contributed by atoms with Crippen LogP contribution in [0.15, 0.2) is 40.9 Å². The number of rotatable bonds is 4. The van der Waals surface area contributed by atoms with Gasteiger partial charge in [-0.15, -0.1) is 0 Å². The normalized spacial score (nSPS) is 12.8. The van der Waals surface area contributed by atoms with Crippen LogP contribution in [-0.2, 0) is 12.8 Å². The Balaban J connectivity index is 1.69. The molecule has 2 aromatic carbocycles. The van der Waals surface area contributed by atoms with Crippen LogP contribution < -0.4 is 4.74 Å². The van der Waals surface area contributed by atoms with Crippen LogP contribution in [0.2, 0.25) is 0 Å². The van der Waals surface area contributed by atoms with E-state index in [2.05, 4.69) is 22.3 Å². The summed E-state index contributed by atoms with van der Waals surface area (Å²) in [5, 5.41) is 13.6. The van der Waals surface area contributed by atoms with Gasteiger partial charge in [-0.2, -0.15) is 10.2 Å². The number of nitrogens with zero attached hydrogens (tertiary/aromatic N) is 3. The van der Waals surface area contributed by atoms with E-state index >= 15 is 0 Å². The highest BCUT2D eigenvalue weighted by Gasteiger charge is 2.19. The van der Waals surface area contributed by atoms with Crippen molar-refractivity contribution in [2.75, 3.05) is 0 Å². The van der Waals surface area contributed by atoms with Gasteiger partial charge in [0.1, 0.15) is 11.8 Å². The Morgan fingerprint density at radius 3 is 2.88 bits per heavy atom. The van der Waals surface area contributed by atoms with Gasteiger partial charge in [0, 0.05) is 11.1 Å². The topological polar surface area (TPSA) is 71.9 Å². The fourth-order valence-corrected chi connectivity index (χ4v) is 3.39. The molecule has 5 nitrogen and oxygen atoms in total. The van der Waals surface area contributed by atoms with Crippen LogP contribution in [0.25, 0.3) is 22.8 Å². The predicted molar refractivity (Wildman–Crippen MR) is 97.7 cm³/mol. The molecule has 26 heavy (non-hydrogen) atoms. The number of aryl methyl sites for hydroxylation is 1. The van der Waals surface area contributed by atoms with E-state index in [0.717, 1.165) is 18.4 Å². The highest BCUT2D eigenvalue weighted by Crippen LogP contribution is 2.32. The van der Waals surface area contributed by atoms with Crippen LogP contribution in [0.3, 0.4) is 0 Å². The highest BCUT2D eigenvalue weighted by atomic mass is 16.5. The maximum Gasteiger partial charge on any atom is 0.258 e. The van der Waals surface area contributed by atoms with Crippen LogP contribution >= 0.6 is 0 Å². The number of nitriles is 1. The molecular formula is C21H19N3O2. The van der Waals surface area contributed by atoms with E-state index in [9.17, 15) is 5.26 Å². The number of aromatic nitrogens is 2. The van der Waals surface area contributed by atoms with Gasteiger partial charge in [-0.3, -0.25) is 0 Å². The summed E-state index contributed by atoms with van der Waals surface area (Å²) in [6.07, 6.45) is 3.33. The zero-order chi connectivity index (χ0) is 18.1. The van der Waals surface area contributed by atoms with E-state index in [4.69, 9.17) is 9.26 Å². The third-order valence-electron chi connectivity index (χ3n) is 4.52. The molecule has 0 radical (unpaired) electrons. The second-order valence-electron chi connectivity index (χ2n) is 6.71. The van der Waals surface area contributed by atoms with Gasteiger partial charge in [-0.1, -0.05) is 23.4 Å². The van der Waals surface area contributed by atoms with Gasteiger partial charge in [0.05, 0.1) is 11.7 Å². The lowest BCUT2D eigenvalue weighted by molar-refractivity contribution is 0.242. The Morgan fingerprint density at radius 1 is 1.19 bits per heavy atom. The van der Waals surface area contributed by atoms with Crippen molar-refractivity contribution in [3.8, 4) is 34.7 Å². The van der Waals surface area contributed by atoms with Crippen molar-refractivity contribution in [2.24, 2.45) is 0 Å². The smallest absolute Gasteiger partial charge is 0.258 e. The second kappa shape index (κ2) is 6.64. The Labute approximate surface area is 152 Å². The zero-order valence-corrected chi connectivity index (χ0v) is 14.8. The maximum absolute atomic E-state index is 9.40. The molecular weight excluding hydrogens is 326 g/mol. The van der Waals surface area contributed by atoms with E-state index in [0.29, 0.717) is 28.6 Å². The molecule has 0 unspecified atom stereocenters. The second-order valence-corrected chi connectivity index (χ2v) is 6.71. The van der Waals surface area contributed by atoms with Gasteiger partial charge < -0.3 is 9.26 Å². The molecule has 1 heterocycles. The van der Waals surface area contributed by atoms with Crippen LogP contribution in [0.4, 0.5) is 0 Å². The molecule has 0 spiro atoms. The molecule has 0 fully saturated rings. The van der Waals surface area contributed by atoms with Crippen LogP contribution in [0.5, 0.6) is 5.75 Å². The molecule has 5 heteroatoms. The molecule has 1 aromatic heterocycles. The summed E-state index contributed by atoms with van der Waals surface area (Å²) >= 11 is 0. The Kier molecular flexibility index (Phi) is 4.18. The summed E-state index contributed by atoms with van der Waals surface area (Å²) in [6.45, 7) is 3.86. The number of ether oxygens (including phenoxy) is 1. The number of fused-ring (bicyclic) bond motifs is 1. The molecule has 1 aliphatic carbocycles. The summed E-state index contributed by atoms with van der Waals surface area (Å²) in [4.78, 5) is 4.57. The third kappa shape index (κ3) is 2.95. The van der Waals surface area contributed by atoms with Gasteiger partial charge in [0.25, 0.3) is 5.89 Å². The summed E-state index contributed by atoms with van der Waals surface area (Å²) < 4.78 is 11.1. The van der Waals surface area contributed by atoms with Crippen LogP contribution in [0, 0.1) is 11.3 Å². The lowest BCUT2D eigenvalue weighted by Crippen LogP contribution is -2.06. The molecule has 0 bridgehead atoms. The van der Waals surface area contributed by atoms with Gasteiger partial charge in [0.2, 0.25) is 5.82 Å². The van der Waals surface area contributed by atoms with Gasteiger partial charge in [0.15, 0.2) is 0 Å². The lowest BCUT2D eigenvalue weighted by Gasteiger charge is -2.11. The summed E-state index contributed by atoms with van der Waals surface area (Å²) in [7, 11) is 0. The minimum atomic E-state index is 0.00290. The molecule has 1 aliphatic rings. The van der Waals surface area contributed by atoms with Crippen molar-refractivity contribution in [3.63, 3.8) is 0 Å². The number of hydrogen-bond acceptors (Lipinski definition) is 5. The molecule has 0 N–H and O–H groups in total. The summed E-state index contributed by atoms with van der Waals surface area (Å²) in [5.74, 6) is 1.56. The fourth-order valence-electron chi connectivity index (χ4n) is 3.39. The Hall–Kier alpha value is -3.13. The first-order chi connectivity index (χ1) is 12.7. The molecule has 0 aliphatic heterocycles. The zero-order valence-electron chi connectivity index (χ0n) is 14.8. The average Bonchev–Trinajstić information content (AvgIpc) is 3.30. The predicted octanol–water partition coefficient (Wildman–Crippen LogP) is 4.55. The van der Waals surface area contributed by atoms with E-state index < -0.39 is 0 Å². The summed E-state index contributed by atoms with van der Waals surface area (Å²) in [6, 6.07) is 13.8.